The zero-order valence-corrected chi connectivity index (χ0v) is 12.9. The molecule has 0 saturated carbocycles. The lowest BCUT2D eigenvalue weighted by Crippen LogP contribution is -2.23. The van der Waals surface area contributed by atoms with Crippen LogP contribution in [0.25, 0.3) is 6.08 Å². The fraction of sp³-hybridized carbons (Fsp3) is 0.429. The Kier molecular flexibility index (Phi) is 7.08. The van der Waals surface area contributed by atoms with E-state index in [0.717, 1.165) is 6.42 Å². The number of carboxylic acids is 1. The summed E-state index contributed by atoms with van der Waals surface area (Å²) in [6.07, 6.45) is 4.56. The minimum atomic E-state index is -0.784. The molecule has 1 amide bonds. The van der Waals surface area contributed by atoms with E-state index in [1.54, 1.807) is 18.2 Å². The summed E-state index contributed by atoms with van der Waals surface area (Å²) in [6.45, 7) is 2.51. The maximum Gasteiger partial charge on any atom is 0.303 e. The smallest absolute Gasteiger partial charge is 0.303 e. The van der Waals surface area contributed by atoms with Gasteiger partial charge in [0.25, 0.3) is 0 Å². The predicted octanol–water partition coefficient (Wildman–Crippen LogP) is 3.06. The lowest BCUT2D eigenvalue weighted by molar-refractivity contribution is -0.137. The number of carbonyl (C=O) groups excluding carboxylic acids is 1. The zero-order valence-electron chi connectivity index (χ0n) is 11.3. The molecule has 0 aliphatic heterocycles. The van der Waals surface area contributed by atoms with Gasteiger partial charge in [-0.3, -0.25) is 9.59 Å². The molecule has 0 fully saturated rings. The third-order valence-electron chi connectivity index (χ3n) is 2.78. The summed E-state index contributed by atoms with van der Waals surface area (Å²) in [5.41, 5.74) is 0. The molecule has 0 aliphatic carbocycles. The van der Waals surface area contributed by atoms with E-state index >= 15 is 0 Å². The van der Waals surface area contributed by atoms with Crippen molar-refractivity contribution in [1.29, 1.82) is 0 Å². The van der Waals surface area contributed by atoms with Gasteiger partial charge in [-0.25, -0.2) is 0 Å². The van der Waals surface area contributed by atoms with Crippen LogP contribution < -0.4 is 5.32 Å². The van der Waals surface area contributed by atoms with E-state index in [2.05, 4.69) is 21.2 Å². The molecule has 2 N–H and O–H groups in total. The molecule has 1 atom stereocenters. The summed E-state index contributed by atoms with van der Waals surface area (Å²) in [7, 11) is 0. The van der Waals surface area contributed by atoms with Crippen molar-refractivity contribution in [2.24, 2.45) is 5.92 Å². The Balaban J connectivity index is 2.20. The molecular formula is C14H18BrNO4. The number of nitrogens with one attached hydrogen (secondary N) is 1. The van der Waals surface area contributed by atoms with Crippen molar-refractivity contribution in [3.63, 3.8) is 0 Å². The maximum absolute atomic E-state index is 11.5. The van der Waals surface area contributed by atoms with Gasteiger partial charge >= 0.3 is 5.97 Å². The van der Waals surface area contributed by atoms with Gasteiger partial charge in [-0.2, -0.15) is 0 Å². The van der Waals surface area contributed by atoms with Crippen LogP contribution in [0.15, 0.2) is 27.3 Å². The van der Waals surface area contributed by atoms with Gasteiger partial charge in [-0.15, -0.1) is 0 Å². The molecule has 0 aliphatic rings. The molecule has 110 valence electrons. The van der Waals surface area contributed by atoms with Gasteiger partial charge in [0, 0.05) is 19.0 Å². The van der Waals surface area contributed by atoms with E-state index in [4.69, 9.17) is 9.52 Å². The zero-order chi connectivity index (χ0) is 15.0. The molecule has 5 nitrogen and oxygen atoms in total. The van der Waals surface area contributed by atoms with E-state index in [0.29, 0.717) is 23.4 Å². The predicted molar refractivity (Wildman–Crippen MR) is 79.1 cm³/mol. The topological polar surface area (TPSA) is 79.5 Å². The second-order valence-corrected chi connectivity index (χ2v) is 5.37. The molecule has 6 heteroatoms. The Bertz CT molecular complexity index is 481. The van der Waals surface area contributed by atoms with E-state index < -0.39 is 5.97 Å². The Hall–Kier alpha value is -1.56. The van der Waals surface area contributed by atoms with Gasteiger partial charge in [0.2, 0.25) is 5.91 Å². The average Bonchev–Trinajstić information content (AvgIpc) is 2.80. The van der Waals surface area contributed by atoms with Gasteiger partial charge in [0.1, 0.15) is 5.76 Å². The lowest BCUT2D eigenvalue weighted by Gasteiger charge is -2.09. The van der Waals surface area contributed by atoms with E-state index in [9.17, 15) is 9.59 Å². The minimum Gasteiger partial charge on any atom is -0.481 e. The molecule has 0 aromatic carbocycles. The van der Waals surface area contributed by atoms with Crippen molar-refractivity contribution < 1.29 is 19.1 Å². The van der Waals surface area contributed by atoms with Crippen molar-refractivity contribution >= 4 is 33.9 Å². The van der Waals surface area contributed by atoms with E-state index in [1.807, 2.05) is 6.92 Å². The summed E-state index contributed by atoms with van der Waals surface area (Å²) >= 11 is 3.18. The van der Waals surface area contributed by atoms with Gasteiger partial charge in [-0.05, 0) is 52.9 Å². The third-order valence-corrected chi connectivity index (χ3v) is 3.21. The second kappa shape index (κ2) is 8.58. The Morgan fingerprint density at radius 3 is 2.80 bits per heavy atom. The molecule has 0 radical (unpaired) electrons. The van der Waals surface area contributed by atoms with Crippen LogP contribution in [0.4, 0.5) is 0 Å². The number of carbonyl (C=O) groups is 2. The van der Waals surface area contributed by atoms with Gasteiger partial charge < -0.3 is 14.8 Å². The minimum absolute atomic E-state index is 0.169. The number of amides is 1. The maximum atomic E-state index is 11.5. The molecule has 1 aromatic heterocycles. The molecule has 1 heterocycles. The number of hydrogen-bond acceptors (Lipinski definition) is 3. The van der Waals surface area contributed by atoms with Crippen LogP contribution in [-0.4, -0.2) is 23.5 Å². The second-order valence-electron chi connectivity index (χ2n) is 4.59. The van der Waals surface area contributed by atoms with Crippen LogP contribution in [0, 0.1) is 5.92 Å². The Morgan fingerprint density at radius 1 is 1.45 bits per heavy atom. The third kappa shape index (κ3) is 7.13. The highest BCUT2D eigenvalue weighted by atomic mass is 79.9. The highest BCUT2D eigenvalue weighted by Crippen LogP contribution is 2.14. The first kappa shape index (κ1) is 16.5. The summed E-state index contributed by atoms with van der Waals surface area (Å²) < 4.78 is 5.84. The van der Waals surface area contributed by atoms with Crippen molar-refractivity contribution in [2.75, 3.05) is 6.54 Å². The van der Waals surface area contributed by atoms with Crippen LogP contribution >= 0.6 is 15.9 Å². The Labute approximate surface area is 126 Å². The molecule has 20 heavy (non-hydrogen) atoms. The monoisotopic (exact) mass is 343 g/mol. The normalized spacial score (nSPS) is 12.5. The number of furan rings is 1. The van der Waals surface area contributed by atoms with Crippen LogP contribution in [0.3, 0.4) is 0 Å². The SMILES string of the molecule is CC(CCNC(=O)C=Cc1ccc(Br)o1)CCC(=O)O. The van der Waals surface area contributed by atoms with Crippen LogP contribution in [0.5, 0.6) is 0 Å². The van der Waals surface area contributed by atoms with Crippen molar-refractivity contribution in [1.82, 2.24) is 5.32 Å². The van der Waals surface area contributed by atoms with Crippen LogP contribution in [-0.2, 0) is 9.59 Å². The summed E-state index contributed by atoms with van der Waals surface area (Å²) in [5.74, 6) is -0.102. The van der Waals surface area contributed by atoms with Crippen molar-refractivity contribution in [3.8, 4) is 0 Å². The quantitative estimate of drug-likeness (QED) is 0.711. The van der Waals surface area contributed by atoms with Gasteiger partial charge in [-0.1, -0.05) is 6.92 Å². The first-order chi connectivity index (χ1) is 9.47. The fourth-order valence-electron chi connectivity index (χ4n) is 1.59. The number of hydrogen-bond donors (Lipinski definition) is 2. The van der Waals surface area contributed by atoms with Crippen LogP contribution in [0.1, 0.15) is 31.9 Å². The summed E-state index contributed by atoms with van der Waals surface area (Å²) in [5, 5.41) is 11.3. The molecular weight excluding hydrogens is 326 g/mol. The molecule has 1 unspecified atom stereocenters. The standard InChI is InChI=1S/C14H18BrNO4/c1-10(2-7-14(18)19)8-9-16-13(17)6-4-11-3-5-12(15)20-11/h3-6,10H,2,7-9H2,1H3,(H,16,17)(H,18,19). The molecule has 0 spiro atoms. The van der Waals surface area contributed by atoms with Gasteiger partial charge in [0.15, 0.2) is 4.67 Å². The lowest BCUT2D eigenvalue weighted by atomic mass is 10.0. The highest BCUT2D eigenvalue weighted by Gasteiger charge is 2.06. The van der Waals surface area contributed by atoms with Crippen LogP contribution in [0.2, 0.25) is 0 Å². The molecule has 0 bridgehead atoms. The van der Waals surface area contributed by atoms with Crippen molar-refractivity contribution in [3.05, 3.63) is 28.6 Å². The number of rotatable bonds is 8. The molecule has 1 rings (SSSR count). The number of halogens is 1. The number of carboxylic acid groups (broad SMARTS) is 1. The summed E-state index contributed by atoms with van der Waals surface area (Å²) in [6, 6.07) is 3.50. The fourth-order valence-corrected chi connectivity index (χ4v) is 1.91. The van der Waals surface area contributed by atoms with Crippen molar-refractivity contribution in [2.45, 2.75) is 26.2 Å². The largest absolute Gasteiger partial charge is 0.481 e. The summed E-state index contributed by atoms with van der Waals surface area (Å²) in [4.78, 5) is 21.9. The number of aliphatic carboxylic acids is 1. The Morgan fingerprint density at radius 2 is 2.20 bits per heavy atom. The highest BCUT2D eigenvalue weighted by molar-refractivity contribution is 9.10. The van der Waals surface area contributed by atoms with E-state index in [1.165, 1.54) is 6.08 Å². The average molecular weight is 344 g/mol. The first-order valence-corrected chi connectivity index (χ1v) is 7.19. The molecule has 0 saturated heterocycles. The first-order valence-electron chi connectivity index (χ1n) is 6.40. The van der Waals surface area contributed by atoms with Gasteiger partial charge in [0.05, 0.1) is 0 Å². The molecule has 1 aromatic rings. The van der Waals surface area contributed by atoms with E-state index in [-0.39, 0.29) is 18.2 Å².